The molecule has 0 fully saturated rings. The van der Waals surface area contributed by atoms with Gasteiger partial charge in [0.15, 0.2) is 0 Å². The highest BCUT2D eigenvalue weighted by Crippen LogP contribution is 2.26. The molecule has 0 saturated heterocycles. The van der Waals surface area contributed by atoms with Crippen molar-refractivity contribution in [2.75, 3.05) is 0 Å². The normalized spacial score (nSPS) is 10.0. The maximum absolute atomic E-state index is 10.9. The molecule has 0 unspecified atom stereocenters. The fourth-order valence-electron chi connectivity index (χ4n) is 0.865. The van der Waals surface area contributed by atoms with E-state index in [1.54, 1.807) is 6.07 Å². The standard InChI is InChI=1S/C8H5BrClIO/c1-4-5(8(10)12)2-3-6(11)7(4)9/h2-3H,1H3. The van der Waals surface area contributed by atoms with E-state index in [0.29, 0.717) is 5.56 Å². The predicted molar refractivity (Wildman–Crippen MR) is 61.8 cm³/mol. The lowest BCUT2D eigenvalue weighted by Gasteiger charge is -2.04. The number of hydrogen-bond donors (Lipinski definition) is 0. The van der Waals surface area contributed by atoms with Crippen molar-refractivity contribution >= 4 is 55.4 Å². The van der Waals surface area contributed by atoms with Gasteiger partial charge >= 0.3 is 0 Å². The van der Waals surface area contributed by atoms with E-state index in [9.17, 15) is 4.79 Å². The van der Waals surface area contributed by atoms with Crippen molar-refractivity contribution in [2.24, 2.45) is 0 Å². The molecule has 1 aromatic rings. The molecule has 0 atom stereocenters. The molecule has 0 amide bonds. The first-order chi connectivity index (χ1) is 5.54. The molecule has 0 radical (unpaired) electrons. The molecular weight excluding hydrogens is 354 g/mol. The van der Waals surface area contributed by atoms with E-state index in [1.165, 1.54) is 0 Å². The summed E-state index contributed by atoms with van der Waals surface area (Å²) in [5.74, 6) is 0. The lowest BCUT2D eigenvalue weighted by atomic mass is 10.1. The van der Waals surface area contributed by atoms with E-state index in [4.69, 9.17) is 11.6 Å². The van der Waals surface area contributed by atoms with Crippen LogP contribution in [-0.2, 0) is 0 Å². The van der Waals surface area contributed by atoms with Crippen LogP contribution in [0.15, 0.2) is 16.6 Å². The van der Waals surface area contributed by atoms with E-state index in [-0.39, 0.29) is 0 Å². The van der Waals surface area contributed by atoms with Gasteiger partial charge in [0.2, 0.25) is 0 Å². The Balaban J connectivity index is 3.36. The molecule has 0 N–H and O–H groups in total. The zero-order valence-electron chi connectivity index (χ0n) is 6.20. The monoisotopic (exact) mass is 358 g/mol. The summed E-state index contributed by atoms with van der Waals surface area (Å²) in [5, 5.41) is -0.412. The van der Waals surface area contributed by atoms with Crippen molar-refractivity contribution in [1.82, 2.24) is 0 Å². The van der Waals surface area contributed by atoms with Crippen molar-refractivity contribution in [3.63, 3.8) is 0 Å². The third kappa shape index (κ3) is 2.00. The maximum atomic E-state index is 10.9. The van der Waals surface area contributed by atoms with Crippen LogP contribution in [-0.4, -0.2) is 5.24 Å². The second-order valence-corrected chi connectivity index (χ2v) is 4.61. The lowest BCUT2D eigenvalue weighted by molar-refractivity contribution is 0.108. The van der Waals surface area contributed by atoms with Gasteiger partial charge in [-0.05, 0) is 74.7 Å². The van der Waals surface area contributed by atoms with Gasteiger partial charge in [0, 0.05) is 13.6 Å². The fourth-order valence-corrected chi connectivity index (χ4v) is 2.00. The van der Waals surface area contributed by atoms with E-state index in [0.717, 1.165) is 13.6 Å². The minimum Gasteiger partial charge on any atom is -0.276 e. The third-order valence-corrected chi connectivity index (χ3v) is 4.42. The second kappa shape index (κ2) is 4.07. The largest absolute Gasteiger partial charge is 0.276 e. The maximum Gasteiger partial charge on any atom is 0.252 e. The molecule has 0 bridgehead atoms. The van der Waals surface area contributed by atoms with Crippen LogP contribution in [0.2, 0.25) is 0 Å². The highest BCUT2D eigenvalue weighted by atomic mass is 127. The third-order valence-electron chi connectivity index (χ3n) is 1.55. The molecule has 1 rings (SSSR count). The van der Waals surface area contributed by atoms with Crippen LogP contribution < -0.4 is 0 Å². The molecule has 0 heterocycles. The first-order valence-electron chi connectivity index (χ1n) is 3.18. The molecular formula is C8H5BrClIO. The van der Waals surface area contributed by atoms with Crippen LogP contribution in [0, 0.1) is 10.5 Å². The first-order valence-corrected chi connectivity index (χ1v) is 5.43. The highest BCUT2D eigenvalue weighted by Gasteiger charge is 2.09. The number of rotatable bonds is 1. The minimum atomic E-state index is -0.412. The summed E-state index contributed by atoms with van der Waals surface area (Å²) in [5.41, 5.74) is 1.45. The molecule has 0 aliphatic heterocycles. The summed E-state index contributed by atoms with van der Waals surface area (Å²) in [6.45, 7) is 1.86. The van der Waals surface area contributed by atoms with E-state index in [1.807, 2.05) is 13.0 Å². The average molecular weight is 359 g/mol. The number of hydrogen-bond acceptors (Lipinski definition) is 1. The molecule has 4 heteroatoms. The Morgan fingerprint density at radius 3 is 2.67 bits per heavy atom. The zero-order valence-corrected chi connectivity index (χ0v) is 10.7. The smallest absolute Gasteiger partial charge is 0.252 e. The number of halogens is 3. The van der Waals surface area contributed by atoms with Gasteiger partial charge in [-0.25, -0.2) is 0 Å². The quantitative estimate of drug-likeness (QED) is 0.551. The van der Waals surface area contributed by atoms with Crippen molar-refractivity contribution in [3.05, 3.63) is 31.3 Å². The Morgan fingerprint density at radius 1 is 1.58 bits per heavy atom. The van der Waals surface area contributed by atoms with Gasteiger partial charge in [-0.15, -0.1) is 0 Å². The van der Waals surface area contributed by atoms with Crippen LogP contribution >= 0.6 is 50.1 Å². The topological polar surface area (TPSA) is 17.1 Å². The van der Waals surface area contributed by atoms with Crippen molar-refractivity contribution < 1.29 is 4.79 Å². The summed E-state index contributed by atoms with van der Waals surface area (Å²) in [4.78, 5) is 10.9. The first kappa shape index (κ1) is 10.5. The van der Waals surface area contributed by atoms with E-state index in [2.05, 4.69) is 38.5 Å². The number of carbonyl (C=O) groups excluding carboxylic acids is 1. The van der Waals surface area contributed by atoms with Crippen molar-refractivity contribution in [1.29, 1.82) is 0 Å². The van der Waals surface area contributed by atoms with Crippen LogP contribution in [0.1, 0.15) is 15.9 Å². The summed E-state index contributed by atoms with van der Waals surface area (Å²) in [6.07, 6.45) is 0. The van der Waals surface area contributed by atoms with Gasteiger partial charge < -0.3 is 0 Å². The van der Waals surface area contributed by atoms with Gasteiger partial charge in [0.25, 0.3) is 5.24 Å². The minimum absolute atomic E-state index is 0.412. The summed E-state index contributed by atoms with van der Waals surface area (Å²) in [7, 11) is 0. The van der Waals surface area contributed by atoms with Crippen LogP contribution in [0.5, 0.6) is 0 Å². The lowest BCUT2D eigenvalue weighted by Crippen LogP contribution is -1.95. The molecule has 12 heavy (non-hydrogen) atoms. The molecule has 0 aromatic heterocycles. The molecule has 0 aliphatic rings. The second-order valence-electron chi connectivity index (χ2n) is 2.31. The van der Waals surface area contributed by atoms with Crippen LogP contribution in [0.25, 0.3) is 0 Å². The fraction of sp³-hybridized carbons (Fsp3) is 0.125. The average Bonchev–Trinajstić information content (AvgIpc) is 2.00. The Kier molecular flexibility index (Phi) is 3.55. The SMILES string of the molecule is Cc1c(C(=O)Cl)ccc(I)c1Br. The molecule has 0 spiro atoms. The van der Waals surface area contributed by atoms with Gasteiger partial charge in [-0.3, -0.25) is 4.79 Å². The van der Waals surface area contributed by atoms with Crippen LogP contribution in [0.3, 0.4) is 0 Å². The van der Waals surface area contributed by atoms with E-state index >= 15 is 0 Å². The molecule has 64 valence electrons. The molecule has 1 nitrogen and oxygen atoms in total. The Morgan fingerprint density at radius 2 is 2.17 bits per heavy atom. The number of carbonyl (C=O) groups is 1. The summed E-state index contributed by atoms with van der Waals surface area (Å²) < 4.78 is 2.02. The Labute approximate surface area is 97.8 Å². The predicted octanol–water partition coefficient (Wildman–Crippen LogP) is 3.74. The summed E-state index contributed by atoms with van der Waals surface area (Å²) in [6, 6.07) is 3.59. The van der Waals surface area contributed by atoms with Gasteiger partial charge in [0.1, 0.15) is 0 Å². The molecule has 0 saturated carbocycles. The van der Waals surface area contributed by atoms with Crippen molar-refractivity contribution in [2.45, 2.75) is 6.92 Å². The summed E-state index contributed by atoms with van der Waals surface area (Å²) >= 11 is 10.9. The van der Waals surface area contributed by atoms with Crippen LogP contribution in [0.4, 0.5) is 0 Å². The zero-order chi connectivity index (χ0) is 9.30. The number of benzene rings is 1. The van der Waals surface area contributed by atoms with Gasteiger partial charge in [0.05, 0.1) is 0 Å². The Bertz CT molecular complexity index is 338. The van der Waals surface area contributed by atoms with Gasteiger partial charge in [-0.2, -0.15) is 0 Å². The van der Waals surface area contributed by atoms with Gasteiger partial charge in [-0.1, -0.05) is 0 Å². The highest BCUT2D eigenvalue weighted by molar-refractivity contribution is 14.1. The van der Waals surface area contributed by atoms with E-state index < -0.39 is 5.24 Å². The van der Waals surface area contributed by atoms with Crippen molar-refractivity contribution in [3.8, 4) is 0 Å². The molecule has 0 aliphatic carbocycles. The molecule has 1 aromatic carbocycles. The Hall–Kier alpha value is 0.390.